The summed E-state index contributed by atoms with van der Waals surface area (Å²) in [5.41, 5.74) is 2.18. The molecule has 2 rings (SSSR count). The summed E-state index contributed by atoms with van der Waals surface area (Å²) in [4.78, 5) is 13.6. The molecule has 0 amide bonds. The Labute approximate surface area is 160 Å². The first-order valence-electron chi connectivity index (χ1n) is 9.06. The number of nitrogens with zero attached hydrogens (tertiary/aromatic N) is 3. The summed E-state index contributed by atoms with van der Waals surface area (Å²) in [6.45, 7) is 12.4. The number of pyridine rings is 1. The summed E-state index contributed by atoms with van der Waals surface area (Å²) in [5.74, 6) is 1.87. The van der Waals surface area contributed by atoms with Crippen molar-refractivity contribution in [3.05, 3.63) is 40.0 Å². The topological polar surface area (TPSA) is 71.4 Å². The Kier molecular flexibility index (Phi) is 7.84. The highest BCUT2D eigenvalue weighted by molar-refractivity contribution is 7.09. The lowest BCUT2D eigenvalue weighted by Crippen LogP contribution is -2.36. The zero-order valence-corrected chi connectivity index (χ0v) is 17.1. The maximum absolute atomic E-state index is 5.56. The summed E-state index contributed by atoms with van der Waals surface area (Å²) >= 11 is 1.68. The summed E-state index contributed by atoms with van der Waals surface area (Å²) in [7, 11) is 0. The number of rotatable bonds is 8. The van der Waals surface area contributed by atoms with Crippen LogP contribution in [0.2, 0.25) is 0 Å². The molecule has 2 N–H and O–H groups in total. The van der Waals surface area contributed by atoms with Crippen LogP contribution in [0.25, 0.3) is 0 Å². The van der Waals surface area contributed by atoms with E-state index in [0.717, 1.165) is 28.8 Å². The standard InChI is InChI=1S/C19H29N5OS/c1-6-20-19(23-11-18-24-16(12-26-18)13(2)3)22-10-15-7-8-17(21-9-15)25-14(4)5/h7-9,12-14H,6,10-11H2,1-5H3,(H2,20,22,23). The van der Waals surface area contributed by atoms with Crippen molar-refractivity contribution in [1.29, 1.82) is 0 Å². The van der Waals surface area contributed by atoms with Gasteiger partial charge in [-0.3, -0.25) is 0 Å². The van der Waals surface area contributed by atoms with Crippen molar-refractivity contribution in [3.63, 3.8) is 0 Å². The van der Waals surface area contributed by atoms with Crippen LogP contribution < -0.4 is 15.4 Å². The van der Waals surface area contributed by atoms with Crippen LogP contribution in [0, 0.1) is 0 Å². The summed E-state index contributed by atoms with van der Waals surface area (Å²) < 4.78 is 5.56. The van der Waals surface area contributed by atoms with E-state index < -0.39 is 0 Å². The van der Waals surface area contributed by atoms with E-state index in [0.29, 0.717) is 24.9 Å². The molecule has 0 fully saturated rings. The van der Waals surface area contributed by atoms with Crippen molar-refractivity contribution in [3.8, 4) is 5.88 Å². The molecule has 142 valence electrons. The highest BCUT2D eigenvalue weighted by Crippen LogP contribution is 2.17. The second-order valence-corrected chi connectivity index (χ2v) is 7.48. The van der Waals surface area contributed by atoms with Gasteiger partial charge in [0.05, 0.1) is 24.9 Å². The molecule has 2 aromatic rings. The second kappa shape index (κ2) is 10.1. The first-order valence-corrected chi connectivity index (χ1v) is 9.94. The molecule has 26 heavy (non-hydrogen) atoms. The van der Waals surface area contributed by atoms with Gasteiger partial charge < -0.3 is 15.4 Å². The average molecular weight is 376 g/mol. The van der Waals surface area contributed by atoms with Crippen molar-refractivity contribution < 1.29 is 4.74 Å². The Balaban J connectivity index is 1.92. The van der Waals surface area contributed by atoms with Gasteiger partial charge in [0, 0.05) is 24.2 Å². The molecule has 0 saturated heterocycles. The number of nitrogens with one attached hydrogen (secondary N) is 2. The van der Waals surface area contributed by atoms with E-state index in [1.807, 2.05) is 26.0 Å². The lowest BCUT2D eigenvalue weighted by Gasteiger charge is -2.11. The zero-order valence-electron chi connectivity index (χ0n) is 16.2. The maximum Gasteiger partial charge on any atom is 0.213 e. The first-order chi connectivity index (χ1) is 12.5. The van der Waals surface area contributed by atoms with Crippen molar-refractivity contribution in [2.24, 2.45) is 4.99 Å². The van der Waals surface area contributed by atoms with Crippen LogP contribution in [0.1, 0.15) is 56.8 Å². The number of ether oxygens (including phenoxy) is 1. The Morgan fingerprint density at radius 1 is 1.23 bits per heavy atom. The minimum Gasteiger partial charge on any atom is -0.475 e. The van der Waals surface area contributed by atoms with E-state index in [1.54, 1.807) is 17.5 Å². The fourth-order valence-corrected chi connectivity index (χ4v) is 3.05. The second-order valence-electron chi connectivity index (χ2n) is 6.54. The van der Waals surface area contributed by atoms with Gasteiger partial charge in [0.1, 0.15) is 5.01 Å². The third kappa shape index (κ3) is 6.63. The number of thiazole rings is 1. The number of hydrogen-bond acceptors (Lipinski definition) is 5. The Hall–Kier alpha value is -2.15. The molecular formula is C19H29N5OS. The molecule has 0 aliphatic heterocycles. The molecule has 0 unspecified atom stereocenters. The zero-order chi connectivity index (χ0) is 18.9. The SMILES string of the molecule is CCNC(=NCc1ccc(OC(C)C)nc1)NCc1nc(C(C)C)cs1. The molecular weight excluding hydrogens is 346 g/mol. The molecule has 0 aliphatic carbocycles. The van der Waals surface area contributed by atoms with Crippen LogP contribution in [-0.2, 0) is 13.1 Å². The van der Waals surface area contributed by atoms with Crippen LogP contribution in [-0.4, -0.2) is 28.6 Å². The summed E-state index contributed by atoms with van der Waals surface area (Å²) in [6, 6.07) is 3.88. The average Bonchev–Trinajstić information content (AvgIpc) is 3.07. The molecule has 0 saturated carbocycles. The smallest absolute Gasteiger partial charge is 0.213 e. The van der Waals surface area contributed by atoms with Gasteiger partial charge in [-0.15, -0.1) is 11.3 Å². The fourth-order valence-electron chi connectivity index (χ4n) is 2.16. The third-order valence-corrected chi connectivity index (χ3v) is 4.35. The van der Waals surface area contributed by atoms with E-state index in [1.165, 1.54) is 0 Å². The van der Waals surface area contributed by atoms with E-state index in [-0.39, 0.29) is 6.10 Å². The van der Waals surface area contributed by atoms with E-state index in [4.69, 9.17) is 4.74 Å². The molecule has 7 heteroatoms. The minimum absolute atomic E-state index is 0.123. The Morgan fingerprint density at radius 2 is 2.04 bits per heavy atom. The normalized spacial score (nSPS) is 11.9. The van der Waals surface area contributed by atoms with Gasteiger partial charge in [0.2, 0.25) is 5.88 Å². The summed E-state index contributed by atoms with van der Waals surface area (Å²) in [5, 5.41) is 9.79. The van der Waals surface area contributed by atoms with Crippen LogP contribution in [0.3, 0.4) is 0 Å². The van der Waals surface area contributed by atoms with Crippen LogP contribution in [0.4, 0.5) is 0 Å². The maximum atomic E-state index is 5.56. The number of aliphatic imine (C=N–C) groups is 1. The van der Waals surface area contributed by atoms with Gasteiger partial charge in [-0.1, -0.05) is 19.9 Å². The van der Waals surface area contributed by atoms with Crippen LogP contribution in [0.15, 0.2) is 28.7 Å². The monoisotopic (exact) mass is 375 g/mol. The highest BCUT2D eigenvalue weighted by atomic mass is 32.1. The Morgan fingerprint density at radius 3 is 2.62 bits per heavy atom. The Bertz CT molecular complexity index is 694. The fraction of sp³-hybridized carbons (Fsp3) is 0.526. The van der Waals surface area contributed by atoms with Gasteiger partial charge in [0.15, 0.2) is 5.96 Å². The number of aromatic nitrogens is 2. The van der Waals surface area contributed by atoms with Gasteiger partial charge >= 0.3 is 0 Å². The first kappa shape index (κ1) is 20.2. The molecule has 2 heterocycles. The van der Waals surface area contributed by atoms with Gasteiger partial charge in [-0.25, -0.2) is 15.0 Å². The van der Waals surface area contributed by atoms with Crippen LogP contribution >= 0.6 is 11.3 Å². The molecule has 2 aromatic heterocycles. The predicted octanol–water partition coefficient (Wildman–Crippen LogP) is 3.70. The molecule has 0 radical (unpaired) electrons. The predicted molar refractivity (Wildman–Crippen MR) is 108 cm³/mol. The van der Waals surface area contributed by atoms with Crippen molar-refractivity contribution >= 4 is 17.3 Å². The quantitative estimate of drug-likeness (QED) is 0.544. The highest BCUT2D eigenvalue weighted by Gasteiger charge is 2.06. The van der Waals surface area contributed by atoms with Gasteiger partial charge in [0.25, 0.3) is 0 Å². The molecule has 0 atom stereocenters. The lowest BCUT2D eigenvalue weighted by molar-refractivity contribution is 0.232. The molecule has 0 aromatic carbocycles. The van der Waals surface area contributed by atoms with E-state index in [2.05, 4.69) is 51.7 Å². The number of guanidine groups is 1. The van der Waals surface area contributed by atoms with Crippen molar-refractivity contribution in [2.75, 3.05) is 6.54 Å². The molecule has 6 nitrogen and oxygen atoms in total. The van der Waals surface area contributed by atoms with Gasteiger partial charge in [-0.05, 0) is 32.3 Å². The third-order valence-electron chi connectivity index (χ3n) is 3.49. The van der Waals surface area contributed by atoms with Gasteiger partial charge in [-0.2, -0.15) is 0 Å². The van der Waals surface area contributed by atoms with Crippen molar-refractivity contribution in [1.82, 2.24) is 20.6 Å². The molecule has 0 spiro atoms. The largest absolute Gasteiger partial charge is 0.475 e. The lowest BCUT2D eigenvalue weighted by atomic mass is 10.2. The van der Waals surface area contributed by atoms with Crippen LogP contribution in [0.5, 0.6) is 5.88 Å². The summed E-state index contributed by atoms with van der Waals surface area (Å²) in [6.07, 6.45) is 1.93. The van der Waals surface area contributed by atoms with Crippen molar-refractivity contribution in [2.45, 2.75) is 59.7 Å². The van der Waals surface area contributed by atoms with E-state index >= 15 is 0 Å². The minimum atomic E-state index is 0.123. The molecule has 0 aliphatic rings. The number of hydrogen-bond donors (Lipinski definition) is 2. The van der Waals surface area contributed by atoms with E-state index in [9.17, 15) is 0 Å². The molecule has 0 bridgehead atoms.